The molecule has 0 aliphatic carbocycles. The number of hydrogen-bond acceptors (Lipinski definition) is 4. The minimum Gasteiger partial charge on any atom is -0.352 e. The van der Waals surface area contributed by atoms with Crippen LogP contribution in [0.5, 0.6) is 0 Å². The van der Waals surface area contributed by atoms with Crippen LogP contribution in [0.4, 0.5) is 0 Å². The molecule has 1 amide bonds. The zero-order valence-electron chi connectivity index (χ0n) is 12.6. The van der Waals surface area contributed by atoms with Gasteiger partial charge in [0, 0.05) is 35.1 Å². The summed E-state index contributed by atoms with van der Waals surface area (Å²) >= 11 is 1.63. The van der Waals surface area contributed by atoms with Crippen molar-refractivity contribution in [3.05, 3.63) is 57.7 Å². The lowest BCUT2D eigenvalue weighted by Crippen LogP contribution is -2.26. The Hall–Kier alpha value is -2.27. The molecule has 0 unspecified atom stereocenters. The quantitative estimate of drug-likeness (QED) is 0.804. The van der Waals surface area contributed by atoms with Crippen LogP contribution in [0.1, 0.15) is 26.8 Å². The second kappa shape index (κ2) is 6.23. The van der Waals surface area contributed by atoms with Crippen molar-refractivity contribution in [2.24, 2.45) is 0 Å². The fourth-order valence-corrected chi connectivity index (χ4v) is 3.10. The highest BCUT2D eigenvalue weighted by atomic mass is 32.1. The summed E-state index contributed by atoms with van der Waals surface area (Å²) < 4.78 is 0. The Bertz CT molecular complexity index is 826. The van der Waals surface area contributed by atoms with Gasteiger partial charge >= 0.3 is 0 Å². The first-order valence-corrected chi connectivity index (χ1v) is 8.07. The number of benzene rings is 1. The van der Waals surface area contributed by atoms with Crippen LogP contribution >= 0.6 is 11.3 Å². The number of thiazole rings is 1. The van der Waals surface area contributed by atoms with Crippen molar-refractivity contribution in [1.82, 2.24) is 15.3 Å². The summed E-state index contributed by atoms with van der Waals surface area (Å²) in [7, 11) is 0. The van der Waals surface area contributed by atoms with Crippen molar-refractivity contribution >= 4 is 28.1 Å². The van der Waals surface area contributed by atoms with Crippen molar-refractivity contribution in [2.45, 2.75) is 20.3 Å². The molecule has 0 atom stereocenters. The van der Waals surface area contributed by atoms with E-state index in [-0.39, 0.29) is 5.91 Å². The lowest BCUT2D eigenvalue weighted by molar-refractivity contribution is 0.0955. The molecule has 4 nitrogen and oxygen atoms in total. The molecule has 3 aromatic rings. The van der Waals surface area contributed by atoms with E-state index in [1.54, 1.807) is 11.3 Å². The van der Waals surface area contributed by atoms with E-state index in [9.17, 15) is 4.79 Å². The number of rotatable bonds is 4. The maximum absolute atomic E-state index is 12.4. The molecule has 0 radical (unpaired) electrons. The Morgan fingerprint density at radius 1 is 1.14 bits per heavy atom. The Labute approximate surface area is 133 Å². The van der Waals surface area contributed by atoms with Gasteiger partial charge in [0.15, 0.2) is 0 Å². The zero-order chi connectivity index (χ0) is 15.5. The Balaban J connectivity index is 1.73. The summed E-state index contributed by atoms with van der Waals surface area (Å²) in [5.74, 6) is -0.0861. The van der Waals surface area contributed by atoms with Gasteiger partial charge in [0.1, 0.15) is 0 Å². The van der Waals surface area contributed by atoms with Crippen molar-refractivity contribution in [2.75, 3.05) is 6.54 Å². The number of aryl methyl sites for hydroxylation is 2. The number of carbonyl (C=O) groups is 1. The van der Waals surface area contributed by atoms with E-state index in [1.807, 2.05) is 49.6 Å². The Morgan fingerprint density at radius 2 is 2.00 bits per heavy atom. The van der Waals surface area contributed by atoms with E-state index in [0.29, 0.717) is 12.1 Å². The Morgan fingerprint density at radius 3 is 2.77 bits per heavy atom. The number of nitrogens with zero attached hydrogens (tertiary/aromatic N) is 2. The molecule has 112 valence electrons. The van der Waals surface area contributed by atoms with Gasteiger partial charge in [0.05, 0.1) is 16.1 Å². The van der Waals surface area contributed by atoms with Gasteiger partial charge in [-0.2, -0.15) is 0 Å². The molecule has 2 heterocycles. The normalized spacial score (nSPS) is 10.8. The maximum Gasteiger partial charge on any atom is 0.253 e. The minimum atomic E-state index is -0.0861. The van der Waals surface area contributed by atoms with Crippen LogP contribution in [0.15, 0.2) is 35.7 Å². The van der Waals surface area contributed by atoms with Gasteiger partial charge < -0.3 is 5.32 Å². The van der Waals surface area contributed by atoms with Crippen molar-refractivity contribution in [3.8, 4) is 0 Å². The lowest BCUT2D eigenvalue weighted by atomic mass is 10.1. The highest BCUT2D eigenvalue weighted by Crippen LogP contribution is 2.17. The monoisotopic (exact) mass is 311 g/mol. The van der Waals surface area contributed by atoms with Gasteiger partial charge in [-0.25, -0.2) is 4.98 Å². The average Bonchev–Trinajstić information content (AvgIpc) is 2.92. The first-order valence-electron chi connectivity index (χ1n) is 7.19. The third kappa shape index (κ3) is 3.14. The predicted octanol–water partition coefficient (Wildman–Crippen LogP) is 3.28. The third-order valence-electron chi connectivity index (χ3n) is 3.40. The molecule has 0 aliphatic heterocycles. The number of carbonyl (C=O) groups excluding carboxylic acids is 1. The zero-order valence-corrected chi connectivity index (χ0v) is 13.4. The van der Waals surface area contributed by atoms with E-state index in [4.69, 9.17) is 0 Å². The Kier molecular flexibility index (Phi) is 4.15. The summed E-state index contributed by atoms with van der Waals surface area (Å²) in [4.78, 5) is 21.3. The fraction of sp³-hybridized carbons (Fsp3) is 0.235. The van der Waals surface area contributed by atoms with Crippen molar-refractivity contribution in [3.63, 3.8) is 0 Å². The van der Waals surface area contributed by atoms with Gasteiger partial charge in [0.25, 0.3) is 5.91 Å². The maximum atomic E-state index is 12.4. The first kappa shape index (κ1) is 14.7. The van der Waals surface area contributed by atoms with Crippen molar-refractivity contribution < 1.29 is 4.79 Å². The summed E-state index contributed by atoms with van der Waals surface area (Å²) in [6.07, 6.45) is 0.751. The molecule has 0 bridgehead atoms. The van der Waals surface area contributed by atoms with Crippen LogP contribution < -0.4 is 5.32 Å². The van der Waals surface area contributed by atoms with E-state index in [2.05, 4.69) is 15.3 Å². The van der Waals surface area contributed by atoms with Crippen LogP contribution in [0, 0.1) is 13.8 Å². The molecule has 0 fully saturated rings. The van der Waals surface area contributed by atoms with E-state index >= 15 is 0 Å². The minimum absolute atomic E-state index is 0.0861. The molecule has 22 heavy (non-hydrogen) atoms. The lowest BCUT2D eigenvalue weighted by Gasteiger charge is -2.07. The van der Waals surface area contributed by atoms with Crippen LogP contribution in [-0.2, 0) is 6.42 Å². The topological polar surface area (TPSA) is 54.9 Å². The molecule has 5 heteroatoms. The summed E-state index contributed by atoms with van der Waals surface area (Å²) in [6, 6.07) is 9.62. The predicted molar refractivity (Wildman–Crippen MR) is 89.4 cm³/mol. The van der Waals surface area contributed by atoms with Gasteiger partial charge in [-0.15, -0.1) is 11.3 Å². The summed E-state index contributed by atoms with van der Waals surface area (Å²) in [5.41, 5.74) is 3.31. The summed E-state index contributed by atoms with van der Waals surface area (Å²) in [5, 5.41) is 7.00. The van der Waals surface area contributed by atoms with E-state index in [0.717, 1.165) is 33.7 Å². The van der Waals surface area contributed by atoms with E-state index in [1.165, 1.54) is 0 Å². The van der Waals surface area contributed by atoms with Gasteiger partial charge in [-0.3, -0.25) is 9.78 Å². The van der Waals surface area contributed by atoms with Crippen LogP contribution in [0.3, 0.4) is 0 Å². The van der Waals surface area contributed by atoms with Gasteiger partial charge in [0.2, 0.25) is 0 Å². The number of pyridine rings is 1. The van der Waals surface area contributed by atoms with Crippen LogP contribution in [0.25, 0.3) is 10.9 Å². The van der Waals surface area contributed by atoms with Crippen LogP contribution in [-0.4, -0.2) is 22.4 Å². The summed E-state index contributed by atoms with van der Waals surface area (Å²) in [6.45, 7) is 4.48. The van der Waals surface area contributed by atoms with Gasteiger partial charge in [-0.1, -0.05) is 18.2 Å². The molecule has 0 saturated heterocycles. The van der Waals surface area contributed by atoms with Crippen molar-refractivity contribution in [1.29, 1.82) is 0 Å². The molecular weight excluding hydrogens is 294 g/mol. The van der Waals surface area contributed by atoms with Gasteiger partial charge in [-0.05, 0) is 26.0 Å². The number of nitrogens with one attached hydrogen (secondary N) is 1. The number of aromatic nitrogens is 2. The molecule has 3 rings (SSSR count). The fourth-order valence-electron chi connectivity index (χ4n) is 2.32. The SMILES string of the molecule is Cc1csc(CCNC(=O)c2cccc3ccc(C)nc23)n1. The highest BCUT2D eigenvalue weighted by molar-refractivity contribution is 7.09. The van der Waals surface area contributed by atoms with E-state index < -0.39 is 0 Å². The molecular formula is C17H17N3OS. The van der Waals surface area contributed by atoms with Crippen LogP contribution in [0.2, 0.25) is 0 Å². The number of para-hydroxylation sites is 1. The molecule has 2 aromatic heterocycles. The standard InChI is InChI=1S/C17H17N3OS/c1-11-6-7-13-4-3-5-14(16(13)20-11)17(21)18-9-8-15-19-12(2)10-22-15/h3-7,10H,8-9H2,1-2H3,(H,18,21). The second-order valence-corrected chi connectivity index (χ2v) is 6.16. The second-order valence-electron chi connectivity index (χ2n) is 5.22. The third-order valence-corrected chi connectivity index (χ3v) is 4.42. The smallest absolute Gasteiger partial charge is 0.253 e. The molecule has 0 aliphatic rings. The largest absolute Gasteiger partial charge is 0.352 e. The molecule has 0 saturated carbocycles. The molecule has 0 spiro atoms. The highest BCUT2D eigenvalue weighted by Gasteiger charge is 2.11. The molecule has 1 N–H and O–H groups in total. The number of fused-ring (bicyclic) bond motifs is 1. The first-order chi connectivity index (χ1) is 10.6. The number of hydrogen-bond donors (Lipinski definition) is 1. The average molecular weight is 311 g/mol. The number of amides is 1. The molecule has 1 aromatic carbocycles.